The minimum atomic E-state index is 0.474. The van der Waals surface area contributed by atoms with Crippen LogP contribution in [0.3, 0.4) is 0 Å². The van der Waals surface area contributed by atoms with Gasteiger partial charge in [-0.2, -0.15) is 5.10 Å². The summed E-state index contributed by atoms with van der Waals surface area (Å²) < 4.78 is 6.24. The lowest BCUT2D eigenvalue weighted by Gasteiger charge is -2.08. The molecule has 1 heterocycles. The van der Waals surface area contributed by atoms with Crippen molar-refractivity contribution in [3.8, 4) is 17.0 Å². The van der Waals surface area contributed by atoms with Crippen molar-refractivity contribution in [2.75, 3.05) is 12.8 Å². The number of aryl methyl sites for hydroxylation is 1. The molecule has 0 atom stereocenters. The molecular formula is C11H12BrN3O. The van der Waals surface area contributed by atoms with Crippen LogP contribution in [0.2, 0.25) is 0 Å². The Morgan fingerprint density at radius 2 is 2.12 bits per heavy atom. The van der Waals surface area contributed by atoms with E-state index in [1.807, 2.05) is 19.1 Å². The first-order valence-electron chi connectivity index (χ1n) is 4.77. The number of methoxy groups -OCH3 is 1. The lowest BCUT2D eigenvalue weighted by Crippen LogP contribution is -1.89. The fraction of sp³-hybridized carbons (Fsp3) is 0.182. The summed E-state index contributed by atoms with van der Waals surface area (Å²) in [5.74, 6) is 1.28. The van der Waals surface area contributed by atoms with E-state index < -0.39 is 0 Å². The van der Waals surface area contributed by atoms with Gasteiger partial charge in [0.1, 0.15) is 11.6 Å². The molecule has 0 amide bonds. The quantitative estimate of drug-likeness (QED) is 0.890. The van der Waals surface area contributed by atoms with Gasteiger partial charge < -0.3 is 10.5 Å². The molecule has 84 valence electrons. The summed E-state index contributed by atoms with van der Waals surface area (Å²) in [5, 5.41) is 6.79. The molecule has 1 aromatic carbocycles. The number of nitrogens with zero attached hydrogens (tertiary/aromatic N) is 1. The number of nitrogen functional groups attached to an aromatic ring is 1. The first-order chi connectivity index (χ1) is 7.61. The highest BCUT2D eigenvalue weighted by atomic mass is 79.9. The van der Waals surface area contributed by atoms with Gasteiger partial charge in [0.05, 0.1) is 12.8 Å². The van der Waals surface area contributed by atoms with E-state index >= 15 is 0 Å². The molecule has 3 N–H and O–H groups in total. The second-order valence-corrected chi connectivity index (χ2v) is 4.31. The number of hydrogen-bond acceptors (Lipinski definition) is 3. The van der Waals surface area contributed by atoms with E-state index in [1.54, 1.807) is 13.2 Å². The average molecular weight is 282 g/mol. The van der Waals surface area contributed by atoms with Crippen LogP contribution < -0.4 is 10.5 Å². The number of nitrogens with one attached hydrogen (secondary N) is 1. The Morgan fingerprint density at radius 3 is 2.69 bits per heavy atom. The number of anilines is 1. The Labute approximate surface area is 102 Å². The lowest BCUT2D eigenvalue weighted by molar-refractivity contribution is 0.414. The average Bonchev–Trinajstić information content (AvgIpc) is 2.68. The third-order valence-corrected chi connectivity index (χ3v) is 3.40. The van der Waals surface area contributed by atoms with Gasteiger partial charge in [0.2, 0.25) is 0 Å². The molecule has 5 heteroatoms. The molecule has 0 aliphatic heterocycles. The number of ether oxygens (including phenoxy) is 1. The van der Waals surface area contributed by atoms with Gasteiger partial charge in [-0.25, -0.2) is 0 Å². The Hall–Kier alpha value is -1.49. The van der Waals surface area contributed by atoms with Crippen molar-refractivity contribution < 1.29 is 4.74 Å². The third-order valence-electron chi connectivity index (χ3n) is 2.35. The summed E-state index contributed by atoms with van der Waals surface area (Å²) in [4.78, 5) is 0. The molecular weight excluding hydrogens is 270 g/mol. The van der Waals surface area contributed by atoms with Crippen molar-refractivity contribution in [2.24, 2.45) is 0 Å². The van der Waals surface area contributed by atoms with Crippen LogP contribution in [0.4, 0.5) is 5.82 Å². The van der Waals surface area contributed by atoms with Crippen molar-refractivity contribution >= 4 is 21.7 Å². The van der Waals surface area contributed by atoms with E-state index in [-0.39, 0.29) is 0 Å². The highest BCUT2D eigenvalue weighted by Gasteiger charge is 2.10. The molecule has 0 spiro atoms. The molecule has 4 nitrogen and oxygen atoms in total. The molecule has 1 aromatic heterocycles. The molecule has 2 rings (SSSR count). The summed E-state index contributed by atoms with van der Waals surface area (Å²) in [7, 11) is 1.65. The van der Waals surface area contributed by atoms with Crippen LogP contribution in [0.25, 0.3) is 11.3 Å². The first-order valence-corrected chi connectivity index (χ1v) is 5.56. The molecule has 0 aliphatic carbocycles. The van der Waals surface area contributed by atoms with Gasteiger partial charge in [0.15, 0.2) is 0 Å². The SMILES string of the molecule is COc1cc(C)c(Br)c(-c2cc(N)n[nH]2)c1. The molecule has 0 fully saturated rings. The zero-order valence-electron chi connectivity index (χ0n) is 9.04. The van der Waals surface area contributed by atoms with Gasteiger partial charge in [-0.1, -0.05) is 0 Å². The van der Waals surface area contributed by atoms with E-state index in [4.69, 9.17) is 10.5 Å². The maximum Gasteiger partial charge on any atom is 0.145 e. The molecule has 0 aliphatic rings. The summed E-state index contributed by atoms with van der Waals surface area (Å²) in [6.45, 7) is 2.01. The van der Waals surface area contributed by atoms with Gasteiger partial charge in [0.25, 0.3) is 0 Å². The van der Waals surface area contributed by atoms with Crippen molar-refractivity contribution in [3.05, 3.63) is 28.2 Å². The predicted molar refractivity (Wildman–Crippen MR) is 67.4 cm³/mol. The van der Waals surface area contributed by atoms with Crippen LogP contribution >= 0.6 is 15.9 Å². The van der Waals surface area contributed by atoms with Gasteiger partial charge >= 0.3 is 0 Å². The second kappa shape index (κ2) is 4.17. The maximum atomic E-state index is 5.59. The fourth-order valence-electron chi connectivity index (χ4n) is 1.53. The van der Waals surface area contributed by atoms with E-state index in [0.29, 0.717) is 5.82 Å². The van der Waals surface area contributed by atoms with Crippen LogP contribution in [-0.2, 0) is 0 Å². The van der Waals surface area contributed by atoms with Crippen LogP contribution in [0.15, 0.2) is 22.7 Å². The summed E-state index contributed by atoms with van der Waals surface area (Å²) in [6, 6.07) is 5.69. The summed E-state index contributed by atoms with van der Waals surface area (Å²) in [6.07, 6.45) is 0. The van der Waals surface area contributed by atoms with E-state index in [1.165, 1.54) is 0 Å². The lowest BCUT2D eigenvalue weighted by atomic mass is 10.1. The first kappa shape index (κ1) is 11.0. The minimum absolute atomic E-state index is 0.474. The van der Waals surface area contributed by atoms with Crippen LogP contribution in [0.1, 0.15) is 5.56 Å². The van der Waals surface area contributed by atoms with Gasteiger partial charge in [-0.15, -0.1) is 0 Å². The molecule has 0 saturated heterocycles. The smallest absolute Gasteiger partial charge is 0.145 e. The number of nitrogens with two attached hydrogens (primary N) is 1. The Balaban J connectivity index is 2.59. The number of aromatic nitrogens is 2. The normalized spacial score (nSPS) is 10.4. The number of H-pyrrole nitrogens is 1. The zero-order valence-corrected chi connectivity index (χ0v) is 10.6. The highest BCUT2D eigenvalue weighted by molar-refractivity contribution is 9.10. The number of rotatable bonds is 2. The number of halogens is 1. The van der Waals surface area contributed by atoms with Crippen LogP contribution in [0, 0.1) is 6.92 Å². The van der Waals surface area contributed by atoms with Crippen molar-refractivity contribution in [1.29, 1.82) is 0 Å². The van der Waals surface area contributed by atoms with Gasteiger partial charge in [-0.3, -0.25) is 5.10 Å². The molecule has 0 bridgehead atoms. The van der Waals surface area contributed by atoms with Gasteiger partial charge in [-0.05, 0) is 40.5 Å². The largest absolute Gasteiger partial charge is 0.497 e. The van der Waals surface area contributed by atoms with Crippen molar-refractivity contribution in [2.45, 2.75) is 6.92 Å². The molecule has 0 saturated carbocycles. The predicted octanol–water partition coefficient (Wildman–Crippen LogP) is 2.74. The van der Waals surface area contributed by atoms with Crippen molar-refractivity contribution in [1.82, 2.24) is 10.2 Å². The minimum Gasteiger partial charge on any atom is -0.497 e. The zero-order chi connectivity index (χ0) is 11.7. The number of aromatic amines is 1. The second-order valence-electron chi connectivity index (χ2n) is 3.51. The van der Waals surface area contributed by atoms with E-state index in [9.17, 15) is 0 Å². The number of hydrogen-bond donors (Lipinski definition) is 2. The molecule has 0 unspecified atom stereocenters. The Morgan fingerprint density at radius 1 is 1.38 bits per heavy atom. The molecule has 0 radical (unpaired) electrons. The standard InChI is InChI=1S/C11H12BrN3O/c1-6-3-7(16-2)4-8(11(6)12)9-5-10(13)15-14-9/h3-5H,1-2H3,(H3,13,14,15). The Bertz CT molecular complexity index is 522. The monoisotopic (exact) mass is 281 g/mol. The molecule has 2 aromatic rings. The fourth-order valence-corrected chi connectivity index (χ4v) is 1.97. The van der Waals surface area contributed by atoms with Crippen LogP contribution in [0.5, 0.6) is 5.75 Å². The van der Waals surface area contributed by atoms with E-state index in [2.05, 4.69) is 26.1 Å². The summed E-state index contributed by atoms with van der Waals surface area (Å²) in [5.41, 5.74) is 8.54. The topological polar surface area (TPSA) is 63.9 Å². The molecule has 16 heavy (non-hydrogen) atoms. The van der Waals surface area contributed by atoms with Crippen LogP contribution in [-0.4, -0.2) is 17.3 Å². The highest BCUT2D eigenvalue weighted by Crippen LogP contribution is 2.34. The van der Waals surface area contributed by atoms with E-state index in [0.717, 1.165) is 27.0 Å². The van der Waals surface area contributed by atoms with Crippen molar-refractivity contribution in [3.63, 3.8) is 0 Å². The van der Waals surface area contributed by atoms with Gasteiger partial charge in [0, 0.05) is 16.1 Å². The third kappa shape index (κ3) is 1.90. The number of benzene rings is 1. The Kier molecular flexibility index (Phi) is 2.87. The summed E-state index contributed by atoms with van der Waals surface area (Å²) >= 11 is 3.55. The maximum absolute atomic E-state index is 5.59.